The second kappa shape index (κ2) is 4.40. The van der Waals surface area contributed by atoms with E-state index in [4.69, 9.17) is 15.6 Å². The van der Waals surface area contributed by atoms with Gasteiger partial charge in [-0.05, 0) is 32.0 Å². The van der Waals surface area contributed by atoms with Crippen molar-refractivity contribution in [2.75, 3.05) is 12.3 Å². The summed E-state index contributed by atoms with van der Waals surface area (Å²) < 4.78 is 5.25. The number of hydrogen-bond donors (Lipinski definition) is 3. The molecule has 0 amide bonds. The lowest BCUT2D eigenvalue weighted by Crippen LogP contribution is -2.27. The first-order valence-electron chi connectivity index (χ1n) is 4.77. The standard InChI is InChI=1S/C11H15NO4/c1-11(2,15)6-16-7-3-4-9(12)8(5-7)10(13)14/h3-5,15H,6,12H2,1-2H3,(H,13,14). The van der Waals surface area contributed by atoms with Gasteiger partial charge in [-0.1, -0.05) is 0 Å². The highest BCUT2D eigenvalue weighted by Crippen LogP contribution is 2.20. The molecule has 0 radical (unpaired) electrons. The molecule has 0 heterocycles. The second-order valence-corrected chi connectivity index (χ2v) is 4.16. The SMILES string of the molecule is CC(C)(O)COc1ccc(N)c(C(=O)O)c1. The van der Waals surface area contributed by atoms with Crippen LogP contribution in [0, 0.1) is 0 Å². The van der Waals surface area contributed by atoms with Gasteiger partial charge < -0.3 is 20.7 Å². The zero-order valence-electron chi connectivity index (χ0n) is 9.23. The average molecular weight is 225 g/mol. The van der Waals surface area contributed by atoms with Gasteiger partial charge in [0.1, 0.15) is 12.4 Å². The molecule has 0 saturated heterocycles. The monoisotopic (exact) mass is 225 g/mol. The first-order chi connectivity index (χ1) is 7.29. The molecule has 16 heavy (non-hydrogen) atoms. The molecule has 0 aliphatic rings. The normalized spacial score (nSPS) is 11.2. The largest absolute Gasteiger partial charge is 0.491 e. The fourth-order valence-corrected chi connectivity index (χ4v) is 1.07. The molecule has 0 fully saturated rings. The Balaban J connectivity index is 2.83. The first kappa shape index (κ1) is 12.3. The Morgan fingerprint density at radius 3 is 2.62 bits per heavy atom. The molecule has 88 valence electrons. The fourth-order valence-electron chi connectivity index (χ4n) is 1.07. The molecule has 1 aromatic rings. The molecule has 5 heteroatoms. The predicted octanol–water partition coefficient (Wildman–Crippen LogP) is 1.12. The molecule has 1 rings (SSSR count). The van der Waals surface area contributed by atoms with Gasteiger partial charge in [-0.2, -0.15) is 0 Å². The van der Waals surface area contributed by atoms with E-state index < -0.39 is 11.6 Å². The van der Waals surface area contributed by atoms with E-state index >= 15 is 0 Å². The van der Waals surface area contributed by atoms with E-state index in [9.17, 15) is 9.90 Å². The van der Waals surface area contributed by atoms with Crippen molar-refractivity contribution in [2.45, 2.75) is 19.4 Å². The molecule has 0 saturated carbocycles. The molecule has 0 aromatic heterocycles. The summed E-state index contributed by atoms with van der Waals surface area (Å²) in [7, 11) is 0. The number of carboxylic acid groups (broad SMARTS) is 1. The van der Waals surface area contributed by atoms with Gasteiger partial charge in [0.2, 0.25) is 0 Å². The third-order valence-corrected chi connectivity index (χ3v) is 1.85. The van der Waals surface area contributed by atoms with Crippen LogP contribution in [0.25, 0.3) is 0 Å². The highest BCUT2D eigenvalue weighted by Gasteiger charge is 2.14. The van der Waals surface area contributed by atoms with Crippen molar-refractivity contribution in [1.82, 2.24) is 0 Å². The minimum atomic E-state index is -1.11. The van der Waals surface area contributed by atoms with Gasteiger partial charge in [-0.3, -0.25) is 0 Å². The molecule has 0 aliphatic carbocycles. The van der Waals surface area contributed by atoms with Crippen molar-refractivity contribution in [1.29, 1.82) is 0 Å². The maximum atomic E-state index is 10.8. The lowest BCUT2D eigenvalue weighted by atomic mass is 10.1. The summed E-state index contributed by atoms with van der Waals surface area (Å²) in [5.41, 5.74) is 4.70. The topological polar surface area (TPSA) is 92.8 Å². The zero-order chi connectivity index (χ0) is 12.3. The summed E-state index contributed by atoms with van der Waals surface area (Å²) >= 11 is 0. The van der Waals surface area contributed by atoms with Gasteiger partial charge in [-0.15, -0.1) is 0 Å². The molecule has 0 spiro atoms. The third kappa shape index (κ3) is 3.43. The summed E-state index contributed by atoms with van der Waals surface area (Å²) in [5.74, 6) is -0.736. The lowest BCUT2D eigenvalue weighted by molar-refractivity contribution is 0.0285. The number of carboxylic acids is 1. The molecule has 4 N–H and O–H groups in total. The second-order valence-electron chi connectivity index (χ2n) is 4.16. The van der Waals surface area contributed by atoms with Crippen molar-refractivity contribution in [3.8, 4) is 5.75 Å². The fraction of sp³-hybridized carbons (Fsp3) is 0.364. The number of anilines is 1. The Labute approximate surface area is 93.5 Å². The number of nitrogen functional groups attached to an aromatic ring is 1. The van der Waals surface area contributed by atoms with Crippen LogP contribution in [0.3, 0.4) is 0 Å². The van der Waals surface area contributed by atoms with Crippen molar-refractivity contribution in [2.24, 2.45) is 0 Å². The molecule has 0 bridgehead atoms. The van der Waals surface area contributed by atoms with Crippen molar-refractivity contribution >= 4 is 11.7 Å². The Bertz CT molecular complexity index is 395. The van der Waals surface area contributed by atoms with Gasteiger partial charge in [-0.25, -0.2) is 4.79 Å². The molecule has 5 nitrogen and oxygen atoms in total. The number of carbonyl (C=O) groups is 1. The van der Waals surface area contributed by atoms with Crippen LogP contribution in [0.4, 0.5) is 5.69 Å². The van der Waals surface area contributed by atoms with Crippen molar-refractivity contribution in [3.05, 3.63) is 23.8 Å². The van der Waals surface area contributed by atoms with Crippen LogP contribution < -0.4 is 10.5 Å². The smallest absolute Gasteiger partial charge is 0.337 e. The number of hydrogen-bond acceptors (Lipinski definition) is 4. The first-order valence-corrected chi connectivity index (χ1v) is 4.77. The average Bonchev–Trinajstić information content (AvgIpc) is 2.14. The van der Waals surface area contributed by atoms with E-state index in [1.165, 1.54) is 12.1 Å². The summed E-state index contributed by atoms with van der Waals surface area (Å²) in [6, 6.07) is 4.36. The van der Waals surface area contributed by atoms with Gasteiger partial charge in [0.25, 0.3) is 0 Å². The van der Waals surface area contributed by atoms with E-state index in [1.807, 2.05) is 0 Å². The Morgan fingerprint density at radius 1 is 1.50 bits per heavy atom. The summed E-state index contributed by atoms with van der Waals surface area (Å²) in [6.45, 7) is 3.28. The van der Waals surface area contributed by atoms with Crippen LogP contribution in [-0.4, -0.2) is 28.4 Å². The van der Waals surface area contributed by atoms with Crippen molar-refractivity contribution in [3.63, 3.8) is 0 Å². The maximum Gasteiger partial charge on any atom is 0.337 e. The Kier molecular flexibility index (Phi) is 3.39. The number of benzene rings is 1. The molecule has 0 atom stereocenters. The van der Waals surface area contributed by atoms with E-state index in [1.54, 1.807) is 19.9 Å². The van der Waals surface area contributed by atoms with E-state index in [2.05, 4.69) is 0 Å². The molecule has 1 aromatic carbocycles. The van der Waals surface area contributed by atoms with Crippen LogP contribution in [0.5, 0.6) is 5.75 Å². The Morgan fingerprint density at radius 2 is 2.12 bits per heavy atom. The summed E-state index contributed by atoms with van der Waals surface area (Å²) in [5, 5.41) is 18.3. The third-order valence-electron chi connectivity index (χ3n) is 1.85. The number of aliphatic hydroxyl groups is 1. The number of aromatic carboxylic acids is 1. The van der Waals surface area contributed by atoms with Gasteiger partial charge >= 0.3 is 5.97 Å². The van der Waals surface area contributed by atoms with Gasteiger partial charge in [0.05, 0.1) is 11.2 Å². The minimum absolute atomic E-state index is 0.00625. The van der Waals surface area contributed by atoms with E-state index in [-0.39, 0.29) is 17.9 Å². The van der Waals surface area contributed by atoms with Crippen LogP contribution >= 0.6 is 0 Å². The predicted molar refractivity (Wildman–Crippen MR) is 59.6 cm³/mol. The van der Waals surface area contributed by atoms with Crippen LogP contribution in [-0.2, 0) is 0 Å². The van der Waals surface area contributed by atoms with E-state index in [0.29, 0.717) is 5.75 Å². The lowest BCUT2D eigenvalue weighted by Gasteiger charge is -2.18. The van der Waals surface area contributed by atoms with Gasteiger partial charge in [0, 0.05) is 5.69 Å². The van der Waals surface area contributed by atoms with Crippen LogP contribution in [0.1, 0.15) is 24.2 Å². The summed E-state index contributed by atoms with van der Waals surface area (Å²) in [6.07, 6.45) is 0. The summed E-state index contributed by atoms with van der Waals surface area (Å²) in [4.78, 5) is 10.8. The zero-order valence-corrected chi connectivity index (χ0v) is 9.23. The van der Waals surface area contributed by atoms with Crippen LogP contribution in [0.15, 0.2) is 18.2 Å². The highest BCUT2D eigenvalue weighted by molar-refractivity contribution is 5.94. The molecular formula is C11H15NO4. The molecular weight excluding hydrogens is 210 g/mol. The Hall–Kier alpha value is -1.75. The van der Waals surface area contributed by atoms with Crippen LogP contribution in [0.2, 0.25) is 0 Å². The maximum absolute atomic E-state index is 10.8. The number of nitrogens with two attached hydrogens (primary N) is 1. The molecule has 0 aliphatic heterocycles. The number of rotatable bonds is 4. The molecule has 0 unspecified atom stereocenters. The highest BCUT2D eigenvalue weighted by atomic mass is 16.5. The van der Waals surface area contributed by atoms with E-state index in [0.717, 1.165) is 0 Å². The van der Waals surface area contributed by atoms with Crippen molar-refractivity contribution < 1.29 is 19.7 Å². The number of ether oxygens (including phenoxy) is 1. The van der Waals surface area contributed by atoms with Gasteiger partial charge in [0.15, 0.2) is 0 Å². The minimum Gasteiger partial charge on any atom is -0.491 e. The quantitative estimate of drug-likeness (QED) is 0.667.